The minimum atomic E-state index is -4.85. The minimum Gasteiger partial charge on any atom is -0.504 e. The maximum atomic E-state index is 12.8. The monoisotopic (exact) mass is 629 g/mol. The van der Waals surface area contributed by atoms with Gasteiger partial charge in [-0.15, -0.1) is 0 Å². The number of nitrogens with one attached hydrogen (secondary N) is 4. The Bertz CT molecular complexity index is 1860. The van der Waals surface area contributed by atoms with Crippen molar-refractivity contribution in [2.24, 2.45) is 0 Å². The Balaban J connectivity index is 1.14. The quantitative estimate of drug-likeness (QED) is 0.142. The molecule has 2 fully saturated rings. The van der Waals surface area contributed by atoms with Crippen molar-refractivity contribution in [2.75, 3.05) is 19.6 Å². The van der Waals surface area contributed by atoms with Gasteiger partial charge in [0.15, 0.2) is 11.5 Å². The second-order valence-electron chi connectivity index (χ2n) is 9.49. The molecule has 19 heteroatoms. The van der Waals surface area contributed by atoms with Crippen LogP contribution in [-0.4, -0.2) is 93.5 Å². The van der Waals surface area contributed by atoms with Crippen molar-refractivity contribution >= 4 is 51.1 Å². The first-order valence-corrected chi connectivity index (χ1v) is 14.1. The van der Waals surface area contributed by atoms with Crippen LogP contribution in [0.3, 0.4) is 0 Å². The number of ether oxygens (including phenoxy) is 1. The number of alkyl carbamates (subject to hydrolysis) is 1. The highest BCUT2D eigenvalue weighted by Gasteiger charge is 2.45. The van der Waals surface area contributed by atoms with E-state index in [9.17, 15) is 47.4 Å². The average molecular weight is 630 g/mol. The molecular formula is C25H23N7O11S. The number of β-lactam (4-membered cyclic amide) rings is 1. The summed E-state index contributed by atoms with van der Waals surface area (Å²) < 4.78 is 32.3. The second kappa shape index (κ2) is 11.4. The summed E-state index contributed by atoms with van der Waals surface area (Å²) in [6, 6.07) is 6.94. The van der Waals surface area contributed by atoms with Crippen molar-refractivity contribution in [3.63, 3.8) is 0 Å². The van der Waals surface area contributed by atoms with Crippen molar-refractivity contribution in [3.8, 4) is 11.5 Å². The summed E-state index contributed by atoms with van der Waals surface area (Å²) in [5.74, 6) is -3.12. The molecule has 7 amide bonds. The van der Waals surface area contributed by atoms with E-state index in [1.807, 2.05) is 0 Å². The Labute approximate surface area is 246 Å². The fourth-order valence-corrected chi connectivity index (χ4v) is 5.35. The number of amides is 7. The van der Waals surface area contributed by atoms with E-state index >= 15 is 0 Å². The van der Waals surface area contributed by atoms with Gasteiger partial charge in [0, 0.05) is 12.3 Å². The Morgan fingerprint density at radius 1 is 1.02 bits per heavy atom. The number of fused-ring (bicyclic) bond motifs is 1. The molecule has 1 unspecified atom stereocenters. The lowest BCUT2D eigenvalue weighted by Crippen LogP contribution is -2.68. The molecule has 2 aromatic carbocycles. The molecule has 3 heterocycles. The molecule has 0 radical (unpaired) electrons. The number of aromatic hydroxyl groups is 2. The van der Waals surface area contributed by atoms with Crippen LogP contribution in [0.4, 0.5) is 14.4 Å². The Kier molecular flexibility index (Phi) is 7.70. The number of rotatable bonds is 7. The maximum Gasteiger partial charge on any atom is 0.408 e. The van der Waals surface area contributed by atoms with Gasteiger partial charge in [0.2, 0.25) is 5.43 Å². The molecule has 3 aromatic rings. The topological polar surface area (TPSA) is 248 Å². The first-order chi connectivity index (χ1) is 20.9. The highest BCUT2D eigenvalue weighted by molar-refractivity contribution is 7.88. The number of likely N-dealkylation sites (tertiary alicyclic amines) is 1. The molecule has 5 rings (SSSR count). The van der Waals surface area contributed by atoms with Gasteiger partial charge < -0.3 is 25.3 Å². The molecule has 230 valence electrons. The summed E-state index contributed by atoms with van der Waals surface area (Å²) in [6.07, 6.45) is 0.0776. The molecule has 6 N–H and O–H groups in total. The number of H-pyrrole nitrogens is 1. The van der Waals surface area contributed by atoms with Gasteiger partial charge in [-0.3, -0.25) is 24.7 Å². The molecule has 1 aromatic heterocycles. The third-order valence-electron chi connectivity index (χ3n) is 6.61. The number of hydrogen-bond donors (Lipinski definition) is 6. The number of aromatic nitrogens is 1. The van der Waals surface area contributed by atoms with Gasteiger partial charge in [0.1, 0.15) is 18.2 Å². The molecule has 44 heavy (non-hydrogen) atoms. The Hall–Kier alpha value is -5.85. The van der Waals surface area contributed by atoms with Crippen LogP contribution in [-0.2, 0) is 26.3 Å². The van der Waals surface area contributed by atoms with Gasteiger partial charge in [0.05, 0.1) is 30.5 Å². The van der Waals surface area contributed by atoms with Crippen LogP contribution < -0.4 is 20.9 Å². The van der Waals surface area contributed by atoms with E-state index in [2.05, 4.69) is 15.7 Å². The lowest BCUT2D eigenvalue weighted by Gasteiger charge is -2.36. The number of hydrazine groups is 1. The van der Waals surface area contributed by atoms with Gasteiger partial charge in [-0.05, 0) is 11.6 Å². The highest BCUT2D eigenvalue weighted by Crippen LogP contribution is 2.27. The summed E-state index contributed by atoms with van der Waals surface area (Å²) in [5.41, 5.74) is 1.57. The summed E-state index contributed by atoms with van der Waals surface area (Å²) in [6.45, 7) is -1.30. The number of carbonyl (C=O) groups excluding carboxylic acids is 5. The SMILES string of the molecule is O=C(NC1CN(C(=O)NS(=O)(=O)N2CCN(NC(=O)c3c[nH]c4cc(O)c(O)cc4c3=O)C2=O)C1=O)OCc1ccccc1. The normalized spacial score (nSPS) is 16.5. The van der Waals surface area contributed by atoms with Crippen molar-refractivity contribution in [1.82, 2.24) is 34.7 Å². The number of benzene rings is 2. The molecular weight excluding hydrogens is 606 g/mol. The molecule has 0 spiro atoms. The number of imide groups is 1. The molecule has 18 nitrogen and oxygen atoms in total. The molecule has 1 atom stereocenters. The van der Waals surface area contributed by atoms with Crippen LogP contribution in [0.1, 0.15) is 15.9 Å². The third-order valence-corrected chi connectivity index (χ3v) is 7.97. The minimum absolute atomic E-state index is 0.0634. The van der Waals surface area contributed by atoms with E-state index in [1.54, 1.807) is 35.1 Å². The van der Waals surface area contributed by atoms with E-state index in [0.717, 1.165) is 18.3 Å². The number of phenols is 2. The predicted octanol–water partition coefficient (Wildman–Crippen LogP) is -0.587. The van der Waals surface area contributed by atoms with Crippen LogP contribution in [0.2, 0.25) is 0 Å². The van der Waals surface area contributed by atoms with Gasteiger partial charge in [-0.2, -0.15) is 8.42 Å². The van der Waals surface area contributed by atoms with Gasteiger partial charge in [0.25, 0.3) is 11.8 Å². The van der Waals surface area contributed by atoms with Crippen LogP contribution in [0.15, 0.2) is 53.5 Å². The number of aromatic amines is 1. The van der Waals surface area contributed by atoms with Crippen LogP contribution in [0.5, 0.6) is 11.5 Å². The van der Waals surface area contributed by atoms with E-state index < -0.39 is 75.3 Å². The van der Waals surface area contributed by atoms with Crippen molar-refractivity contribution < 1.29 is 47.3 Å². The van der Waals surface area contributed by atoms with Gasteiger partial charge >= 0.3 is 28.4 Å². The van der Waals surface area contributed by atoms with Crippen molar-refractivity contribution in [1.29, 1.82) is 0 Å². The summed E-state index contributed by atoms with van der Waals surface area (Å²) in [7, 11) is -4.85. The van der Waals surface area contributed by atoms with Crippen LogP contribution in [0.25, 0.3) is 10.9 Å². The lowest BCUT2D eigenvalue weighted by atomic mass is 10.1. The number of phenolic OH excluding ortho intramolecular Hbond substituents is 2. The number of carbonyl (C=O) groups is 5. The number of urea groups is 2. The molecule has 0 bridgehead atoms. The highest BCUT2D eigenvalue weighted by atomic mass is 32.2. The summed E-state index contributed by atoms with van der Waals surface area (Å²) >= 11 is 0. The number of hydrogen-bond acceptors (Lipinski definition) is 11. The smallest absolute Gasteiger partial charge is 0.408 e. The van der Waals surface area contributed by atoms with Crippen molar-refractivity contribution in [2.45, 2.75) is 12.6 Å². The average Bonchev–Trinajstić information content (AvgIpc) is 3.35. The summed E-state index contributed by atoms with van der Waals surface area (Å²) in [5, 5.41) is 22.0. The molecule has 2 aliphatic heterocycles. The maximum absolute atomic E-state index is 12.8. The Morgan fingerprint density at radius 2 is 1.73 bits per heavy atom. The Morgan fingerprint density at radius 3 is 2.43 bits per heavy atom. The zero-order valence-electron chi connectivity index (χ0n) is 22.3. The third kappa shape index (κ3) is 5.75. The van der Waals surface area contributed by atoms with Crippen molar-refractivity contribution in [3.05, 3.63) is 70.0 Å². The molecule has 2 aliphatic rings. The van der Waals surface area contributed by atoms with Gasteiger partial charge in [-0.1, -0.05) is 30.3 Å². The zero-order valence-corrected chi connectivity index (χ0v) is 23.2. The second-order valence-corrected chi connectivity index (χ2v) is 11.1. The number of pyridine rings is 1. The lowest BCUT2D eigenvalue weighted by molar-refractivity contribution is -0.139. The standard InChI is InChI=1S/C25H23N7O11S/c33-18-8-14-16(9-19(18)34)26-10-15(20(14)35)21(36)28-31-6-7-32(25(31)40)44(41,42)29-23(38)30-11-17(22(30)37)27-24(39)43-12-13-4-2-1-3-5-13/h1-5,8-10,17,33-34H,6-7,11-12H2,(H,26,35)(H,27,39)(H,28,36)(H,29,38). The zero-order chi connectivity index (χ0) is 31.8. The first-order valence-electron chi connectivity index (χ1n) is 12.7. The predicted molar refractivity (Wildman–Crippen MR) is 147 cm³/mol. The molecule has 0 saturated carbocycles. The van der Waals surface area contributed by atoms with E-state index in [4.69, 9.17) is 4.74 Å². The number of nitrogens with zero attached hydrogens (tertiary/aromatic N) is 3. The van der Waals surface area contributed by atoms with E-state index in [1.165, 1.54) is 0 Å². The largest absolute Gasteiger partial charge is 0.504 e. The molecule has 2 saturated heterocycles. The van der Waals surface area contributed by atoms with Crippen LogP contribution in [0, 0.1) is 0 Å². The van der Waals surface area contributed by atoms with Crippen LogP contribution >= 0.6 is 0 Å². The summed E-state index contributed by atoms with van der Waals surface area (Å²) in [4.78, 5) is 78.1. The van der Waals surface area contributed by atoms with E-state index in [0.29, 0.717) is 15.5 Å². The van der Waals surface area contributed by atoms with Gasteiger partial charge in [-0.25, -0.2) is 28.4 Å². The first kappa shape index (κ1) is 29.6. The van der Waals surface area contributed by atoms with E-state index in [-0.39, 0.29) is 34.9 Å². The molecule has 0 aliphatic carbocycles. The fraction of sp³-hybridized carbons (Fsp3) is 0.200. The fourth-order valence-electron chi connectivity index (χ4n) is 4.28.